The monoisotopic (exact) mass is 857 g/mol. The molecule has 0 aliphatic carbocycles. The van der Waals surface area contributed by atoms with Crippen molar-refractivity contribution in [1.29, 1.82) is 0 Å². The number of rotatable bonds is 0. The Balaban J connectivity index is -0.00000000154. The summed E-state index contributed by atoms with van der Waals surface area (Å²) >= 11 is 0. The molecule has 0 fully saturated rings. The van der Waals surface area contributed by atoms with Gasteiger partial charge >= 0.3 is 0 Å². The van der Waals surface area contributed by atoms with Crippen LogP contribution in [0.4, 0.5) is 0 Å². The smallest absolute Gasteiger partial charge is 0 e. The fourth-order valence-electron chi connectivity index (χ4n) is 0. The maximum atomic E-state index is 3.53. The van der Waals surface area contributed by atoms with Gasteiger partial charge in [-0.15, -0.1) is 6.92 Å². The minimum atomic E-state index is 0. The third-order valence-electron chi connectivity index (χ3n) is 0. The summed E-state index contributed by atoms with van der Waals surface area (Å²) in [7, 11) is 0. The normalized spacial score (nSPS) is 2.67. The van der Waals surface area contributed by atoms with Gasteiger partial charge < -0.3 is 34.6 Å². The Hall–Kier alpha value is 8.83. The van der Waals surface area contributed by atoms with E-state index in [9.17, 15) is 0 Å². The van der Waals surface area contributed by atoms with E-state index in [4.69, 9.17) is 0 Å². The van der Waals surface area contributed by atoms with Crippen LogP contribution in [0.2, 0.25) is 0 Å². The molecule has 0 bridgehead atoms. The maximum Gasteiger partial charge on any atom is 0 e. The van der Waals surface area contributed by atoms with Crippen LogP contribution in [0, 0.1) is 34.6 Å². The largest absolute Gasteiger partial charge is 0.370 e. The Morgan fingerprint density at radius 2 is 0.500 bits per heavy atom. The number of hydrogen-bond donors (Lipinski definition) is 0. The molecule has 0 aliphatic rings. The Morgan fingerprint density at radius 3 is 0.500 bits per heavy atom. The summed E-state index contributed by atoms with van der Waals surface area (Å²) in [6.45, 7) is 17.0. The van der Waals surface area contributed by atoms with Gasteiger partial charge in [-0.2, -0.15) is 0 Å². The Bertz CT molecular complexity index is 22.6. The summed E-state index contributed by atoms with van der Waals surface area (Å²) in [5.41, 5.74) is 0. The SMILES string of the molecule is CC.CC.[CH2-]C([CH2-])C.[CH3-].[CH3-].[Y].[Y].[Y].[Y].[Y].[Y].[Y].[Y]. The van der Waals surface area contributed by atoms with Crippen molar-refractivity contribution >= 4 is 0 Å². The van der Waals surface area contributed by atoms with E-state index in [1.165, 1.54) is 0 Å². The molecule has 0 heterocycles. The minimum absolute atomic E-state index is 0. The van der Waals surface area contributed by atoms with Gasteiger partial charge in [-0.3, -0.25) is 0 Å². The molecule has 0 rings (SSSR count). The molecular weight excluding hydrogens is 831 g/mol. The predicted molar refractivity (Wildman–Crippen MR) is 55.4 cm³/mol. The maximum absolute atomic E-state index is 3.53. The van der Waals surface area contributed by atoms with Crippen molar-refractivity contribution in [2.45, 2.75) is 34.6 Å². The molecule has 0 amide bonds. The fourth-order valence-corrected chi connectivity index (χ4v) is 0. The van der Waals surface area contributed by atoms with Crippen molar-refractivity contribution in [1.82, 2.24) is 0 Å². The second-order valence-corrected chi connectivity index (χ2v) is 1.11. The van der Waals surface area contributed by atoms with E-state index in [0.717, 1.165) is 0 Å². The van der Waals surface area contributed by atoms with Crippen molar-refractivity contribution in [2.75, 3.05) is 0 Å². The first-order valence-electron chi connectivity index (χ1n) is 3.39. The molecule has 0 atom stereocenters. The second kappa shape index (κ2) is 114. The first kappa shape index (κ1) is 93.6. The van der Waals surface area contributed by atoms with E-state index >= 15 is 0 Å². The zero-order valence-corrected chi connectivity index (χ0v) is 36.3. The molecule has 0 aromatic heterocycles. The van der Waals surface area contributed by atoms with Gasteiger partial charge in [0.15, 0.2) is 0 Å². The molecule has 0 saturated heterocycles. The van der Waals surface area contributed by atoms with E-state index in [2.05, 4.69) is 13.8 Å². The molecule has 0 saturated carbocycles. The van der Waals surface area contributed by atoms with Crippen LogP contribution in [-0.4, -0.2) is 0 Å². The van der Waals surface area contributed by atoms with Crippen LogP contribution in [0.1, 0.15) is 34.6 Å². The van der Waals surface area contributed by atoms with Crippen molar-refractivity contribution in [2.24, 2.45) is 5.92 Å². The third kappa shape index (κ3) is 181. The predicted octanol–water partition coefficient (Wildman–Crippen LogP) is 4.22. The summed E-state index contributed by atoms with van der Waals surface area (Å²) < 4.78 is 0. The van der Waals surface area contributed by atoms with Gasteiger partial charge in [0.25, 0.3) is 0 Å². The average molecular weight is 858 g/mol. The quantitative estimate of drug-likeness (QED) is 0.321. The van der Waals surface area contributed by atoms with Gasteiger partial charge in [0.1, 0.15) is 0 Å². The van der Waals surface area contributed by atoms with Gasteiger partial charge in [-0.25, -0.2) is 0 Å². The summed E-state index contributed by atoms with van der Waals surface area (Å²) in [6.07, 6.45) is 0. The number of hydrogen-bond acceptors (Lipinski definition) is 0. The van der Waals surface area contributed by atoms with Crippen molar-refractivity contribution in [3.8, 4) is 0 Å². The molecule has 8 heteroatoms. The van der Waals surface area contributed by atoms with Gasteiger partial charge in [0.05, 0.1) is 0 Å². The molecule has 18 heavy (non-hydrogen) atoms. The average Bonchev–Trinajstić information content (AvgIpc) is 1.75. The summed E-state index contributed by atoms with van der Waals surface area (Å²) in [5, 5.41) is 0. The zero-order valence-electron chi connectivity index (χ0n) is 13.6. The molecule has 0 spiro atoms. The molecule has 0 N–H and O–H groups in total. The summed E-state index contributed by atoms with van der Waals surface area (Å²) in [6, 6.07) is 0. The van der Waals surface area contributed by atoms with E-state index < -0.39 is 0 Å². The van der Waals surface area contributed by atoms with Crippen LogP contribution in [0.5, 0.6) is 0 Å². The summed E-state index contributed by atoms with van der Waals surface area (Å²) in [5.74, 6) is 0.333. The molecule has 0 unspecified atom stereocenters. The zero-order chi connectivity index (χ0) is 7.58. The Kier molecular flexibility index (Phi) is 592. The van der Waals surface area contributed by atoms with Crippen molar-refractivity contribution in [3.63, 3.8) is 0 Å². The van der Waals surface area contributed by atoms with Gasteiger partial charge in [0, 0.05) is 262 Å². The van der Waals surface area contributed by atoms with Crippen LogP contribution in [0.3, 0.4) is 0 Å². The van der Waals surface area contributed by atoms with Gasteiger partial charge in [-0.1, -0.05) is 27.7 Å². The molecule has 0 aromatic carbocycles. The topological polar surface area (TPSA) is 0 Å². The standard InChI is InChI=1S/C4H8.2C2H6.2CH3.8Y/c1-4(2)3;2*1-2;;;;;;;;;;/h4H,1-2H2,3H3;2*1-2H3;2*1H3;;;;;;;;/q-2;;;2*-1;;;;;;;;. The van der Waals surface area contributed by atoms with Crippen molar-refractivity contribution in [3.05, 3.63) is 28.7 Å². The second-order valence-electron chi connectivity index (χ2n) is 1.11. The van der Waals surface area contributed by atoms with Crippen LogP contribution in [0.15, 0.2) is 0 Å². The van der Waals surface area contributed by atoms with Gasteiger partial charge in [0.2, 0.25) is 0 Å². The first-order valence-corrected chi connectivity index (χ1v) is 3.39. The van der Waals surface area contributed by atoms with Crippen LogP contribution < -0.4 is 0 Å². The Morgan fingerprint density at radius 1 is 0.500 bits per heavy atom. The minimum Gasteiger partial charge on any atom is -0.370 e. The molecular formula is C10H26Y8-4. The molecule has 8 radical (unpaired) electrons. The molecule has 94 valence electrons. The van der Waals surface area contributed by atoms with E-state index in [0.29, 0.717) is 5.92 Å². The fraction of sp³-hybridized carbons (Fsp3) is 0.600. The van der Waals surface area contributed by atoms with Crippen LogP contribution in [-0.2, 0) is 262 Å². The van der Waals surface area contributed by atoms with Gasteiger partial charge in [-0.05, 0) is 0 Å². The van der Waals surface area contributed by atoms with E-state index in [-0.39, 0.29) is 277 Å². The van der Waals surface area contributed by atoms with Crippen molar-refractivity contribution < 1.29 is 262 Å². The molecule has 0 aromatic rings. The van der Waals surface area contributed by atoms with Crippen LogP contribution >= 0.6 is 0 Å². The Labute approximate surface area is 321 Å². The van der Waals surface area contributed by atoms with E-state index in [1.54, 1.807) is 0 Å². The summed E-state index contributed by atoms with van der Waals surface area (Å²) in [4.78, 5) is 0. The molecule has 0 aliphatic heterocycles. The van der Waals surface area contributed by atoms with Crippen LogP contribution in [0.25, 0.3) is 0 Å². The third-order valence-corrected chi connectivity index (χ3v) is 0. The van der Waals surface area contributed by atoms with E-state index in [1.807, 2.05) is 34.6 Å². The molecule has 0 nitrogen and oxygen atoms in total. The first-order chi connectivity index (χ1) is 3.73.